The molecule has 0 bridgehead atoms. The van der Waals surface area contributed by atoms with Crippen LogP contribution in [0.2, 0.25) is 0 Å². The highest BCUT2D eigenvalue weighted by molar-refractivity contribution is 5.92. The first-order valence-electron chi connectivity index (χ1n) is 5.02. The predicted octanol–water partition coefficient (Wildman–Crippen LogP) is -0.0716. The fourth-order valence-electron chi connectivity index (χ4n) is 1.82. The maximum atomic E-state index is 11.0. The van der Waals surface area contributed by atoms with Gasteiger partial charge in [0.05, 0.1) is 0 Å². The molecular formula is C11H15N3O. The second-order valence-corrected chi connectivity index (χ2v) is 4.02. The Morgan fingerprint density at radius 2 is 2.20 bits per heavy atom. The standard InChI is InChI=1S/C11H15N3O/c12-10-6-14(7-10)5-8-2-1-3-9(4-8)11(13)15/h1-4,10H,5-7,12H2,(H2,13,15). The number of amides is 1. The Morgan fingerprint density at radius 3 is 2.80 bits per heavy atom. The van der Waals surface area contributed by atoms with Crippen LogP contribution in [0, 0.1) is 0 Å². The molecule has 1 heterocycles. The summed E-state index contributed by atoms with van der Waals surface area (Å²) >= 11 is 0. The summed E-state index contributed by atoms with van der Waals surface area (Å²) < 4.78 is 0. The minimum Gasteiger partial charge on any atom is -0.366 e. The van der Waals surface area contributed by atoms with Crippen LogP contribution in [-0.2, 0) is 6.54 Å². The lowest BCUT2D eigenvalue weighted by Crippen LogP contribution is -2.54. The molecule has 1 amide bonds. The van der Waals surface area contributed by atoms with Gasteiger partial charge in [-0.2, -0.15) is 0 Å². The highest BCUT2D eigenvalue weighted by atomic mass is 16.1. The molecule has 0 spiro atoms. The molecule has 1 saturated heterocycles. The molecule has 15 heavy (non-hydrogen) atoms. The van der Waals surface area contributed by atoms with Crippen molar-refractivity contribution < 1.29 is 4.79 Å². The second-order valence-electron chi connectivity index (χ2n) is 4.02. The second kappa shape index (κ2) is 4.00. The maximum absolute atomic E-state index is 11.0. The SMILES string of the molecule is NC(=O)c1cccc(CN2CC(N)C2)c1. The van der Waals surface area contributed by atoms with Gasteiger partial charge in [0.15, 0.2) is 0 Å². The first-order chi connectivity index (χ1) is 7.15. The Morgan fingerprint density at radius 1 is 1.47 bits per heavy atom. The van der Waals surface area contributed by atoms with E-state index in [0.717, 1.165) is 25.2 Å². The average molecular weight is 205 g/mol. The summed E-state index contributed by atoms with van der Waals surface area (Å²) in [6.07, 6.45) is 0. The van der Waals surface area contributed by atoms with Crippen LogP contribution < -0.4 is 11.5 Å². The molecule has 0 saturated carbocycles. The third-order valence-electron chi connectivity index (χ3n) is 2.60. The first-order valence-corrected chi connectivity index (χ1v) is 5.02. The van der Waals surface area contributed by atoms with Gasteiger partial charge in [-0.15, -0.1) is 0 Å². The lowest BCUT2D eigenvalue weighted by molar-refractivity contribution is 0.0999. The van der Waals surface area contributed by atoms with E-state index in [1.807, 2.05) is 18.2 Å². The highest BCUT2D eigenvalue weighted by Crippen LogP contribution is 2.12. The molecule has 1 aliphatic rings. The van der Waals surface area contributed by atoms with E-state index < -0.39 is 0 Å². The summed E-state index contributed by atoms with van der Waals surface area (Å²) in [6.45, 7) is 2.70. The Bertz CT molecular complexity index is 372. The van der Waals surface area contributed by atoms with Crippen molar-refractivity contribution >= 4 is 5.91 Å². The van der Waals surface area contributed by atoms with Gasteiger partial charge >= 0.3 is 0 Å². The van der Waals surface area contributed by atoms with Crippen molar-refractivity contribution in [2.24, 2.45) is 11.5 Å². The van der Waals surface area contributed by atoms with Crippen LogP contribution in [0.15, 0.2) is 24.3 Å². The molecule has 1 aliphatic heterocycles. The van der Waals surface area contributed by atoms with Crippen LogP contribution in [0.5, 0.6) is 0 Å². The van der Waals surface area contributed by atoms with Crippen LogP contribution in [0.4, 0.5) is 0 Å². The van der Waals surface area contributed by atoms with Crippen molar-refractivity contribution in [1.29, 1.82) is 0 Å². The Balaban J connectivity index is 2.02. The number of likely N-dealkylation sites (tertiary alicyclic amines) is 1. The molecule has 0 aromatic heterocycles. The summed E-state index contributed by atoms with van der Waals surface area (Å²) in [4.78, 5) is 13.2. The van der Waals surface area contributed by atoms with E-state index in [9.17, 15) is 4.79 Å². The summed E-state index contributed by atoms with van der Waals surface area (Å²) in [5.74, 6) is -0.378. The van der Waals surface area contributed by atoms with Gasteiger partial charge in [0, 0.05) is 31.2 Å². The molecule has 4 heteroatoms. The summed E-state index contributed by atoms with van der Waals surface area (Å²) in [6, 6.07) is 7.73. The van der Waals surface area contributed by atoms with Gasteiger partial charge in [-0.05, 0) is 17.7 Å². The number of carbonyl (C=O) groups excluding carboxylic acids is 1. The molecule has 1 aromatic carbocycles. The zero-order valence-corrected chi connectivity index (χ0v) is 8.52. The van der Waals surface area contributed by atoms with Crippen molar-refractivity contribution in [3.05, 3.63) is 35.4 Å². The Hall–Kier alpha value is -1.39. The van der Waals surface area contributed by atoms with Gasteiger partial charge < -0.3 is 11.5 Å². The number of benzene rings is 1. The molecule has 0 atom stereocenters. The van der Waals surface area contributed by atoms with Crippen LogP contribution in [-0.4, -0.2) is 29.9 Å². The van der Waals surface area contributed by atoms with Gasteiger partial charge in [0.1, 0.15) is 0 Å². The van der Waals surface area contributed by atoms with Crippen molar-refractivity contribution in [2.45, 2.75) is 12.6 Å². The van der Waals surface area contributed by atoms with Crippen molar-refractivity contribution in [1.82, 2.24) is 4.90 Å². The predicted molar refractivity (Wildman–Crippen MR) is 58.2 cm³/mol. The minimum atomic E-state index is -0.378. The van der Waals surface area contributed by atoms with Crippen LogP contribution in [0.25, 0.3) is 0 Å². The number of carbonyl (C=O) groups is 1. The summed E-state index contributed by atoms with van der Waals surface area (Å²) in [5.41, 5.74) is 12.6. The topological polar surface area (TPSA) is 72.4 Å². The van der Waals surface area contributed by atoms with E-state index in [-0.39, 0.29) is 5.91 Å². The lowest BCUT2D eigenvalue weighted by Gasteiger charge is -2.36. The van der Waals surface area contributed by atoms with E-state index in [4.69, 9.17) is 11.5 Å². The van der Waals surface area contributed by atoms with Crippen molar-refractivity contribution in [3.8, 4) is 0 Å². The normalized spacial score (nSPS) is 17.4. The van der Waals surface area contributed by atoms with Crippen molar-refractivity contribution in [3.63, 3.8) is 0 Å². The molecule has 2 rings (SSSR count). The minimum absolute atomic E-state index is 0.310. The summed E-state index contributed by atoms with van der Waals surface area (Å²) in [5, 5.41) is 0. The largest absolute Gasteiger partial charge is 0.366 e. The number of nitrogens with two attached hydrogens (primary N) is 2. The smallest absolute Gasteiger partial charge is 0.248 e. The van der Waals surface area contributed by atoms with E-state index in [0.29, 0.717) is 11.6 Å². The molecule has 1 aromatic rings. The quantitative estimate of drug-likeness (QED) is 0.725. The third kappa shape index (κ3) is 2.34. The zero-order valence-electron chi connectivity index (χ0n) is 8.52. The fraction of sp³-hybridized carbons (Fsp3) is 0.364. The Kier molecular flexibility index (Phi) is 2.70. The maximum Gasteiger partial charge on any atom is 0.248 e. The lowest BCUT2D eigenvalue weighted by atomic mass is 10.1. The zero-order chi connectivity index (χ0) is 10.8. The molecule has 4 nitrogen and oxygen atoms in total. The number of hydrogen-bond donors (Lipinski definition) is 2. The number of rotatable bonds is 3. The molecule has 0 aliphatic carbocycles. The van der Waals surface area contributed by atoms with Gasteiger partial charge in [-0.25, -0.2) is 0 Å². The van der Waals surface area contributed by atoms with Gasteiger partial charge in [0.2, 0.25) is 5.91 Å². The number of nitrogens with zero attached hydrogens (tertiary/aromatic N) is 1. The van der Waals surface area contributed by atoms with E-state index >= 15 is 0 Å². The number of hydrogen-bond acceptors (Lipinski definition) is 3. The monoisotopic (exact) mass is 205 g/mol. The van der Waals surface area contributed by atoms with E-state index in [2.05, 4.69) is 4.90 Å². The van der Waals surface area contributed by atoms with Crippen LogP contribution >= 0.6 is 0 Å². The third-order valence-corrected chi connectivity index (χ3v) is 2.60. The van der Waals surface area contributed by atoms with Crippen molar-refractivity contribution in [2.75, 3.05) is 13.1 Å². The van der Waals surface area contributed by atoms with E-state index in [1.165, 1.54) is 0 Å². The molecule has 1 fully saturated rings. The molecular weight excluding hydrogens is 190 g/mol. The molecule has 80 valence electrons. The van der Waals surface area contributed by atoms with Gasteiger partial charge in [-0.1, -0.05) is 12.1 Å². The van der Waals surface area contributed by atoms with Gasteiger partial charge in [0.25, 0.3) is 0 Å². The van der Waals surface area contributed by atoms with Crippen LogP contribution in [0.3, 0.4) is 0 Å². The molecule has 0 unspecified atom stereocenters. The Labute approximate surface area is 88.9 Å². The molecule has 4 N–H and O–H groups in total. The number of primary amides is 1. The summed E-state index contributed by atoms with van der Waals surface area (Å²) in [7, 11) is 0. The fourth-order valence-corrected chi connectivity index (χ4v) is 1.82. The van der Waals surface area contributed by atoms with Gasteiger partial charge in [-0.3, -0.25) is 9.69 Å². The average Bonchev–Trinajstić information content (AvgIpc) is 2.16. The highest BCUT2D eigenvalue weighted by Gasteiger charge is 2.22. The molecule has 0 radical (unpaired) electrons. The van der Waals surface area contributed by atoms with E-state index in [1.54, 1.807) is 6.07 Å². The first kappa shape index (κ1) is 10.1. The van der Waals surface area contributed by atoms with Crippen LogP contribution in [0.1, 0.15) is 15.9 Å².